The van der Waals surface area contributed by atoms with Crippen molar-refractivity contribution in [2.24, 2.45) is 0 Å². The van der Waals surface area contributed by atoms with Crippen LogP contribution in [0.5, 0.6) is 0 Å². The Balaban J connectivity index is 2.97. The molecule has 0 heterocycles. The summed E-state index contributed by atoms with van der Waals surface area (Å²) < 4.78 is 9.39. The molecule has 0 saturated heterocycles. The highest BCUT2D eigenvalue weighted by molar-refractivity contribution is 6.03. The summed E-state index contributed by atoms with van der Waals surface area (Å²) in [6.07, 6.45) is -0.334. The van der Waals surface area contributed by atoms with Gasteiger partial charge in [-0.15, -0.1) is 0 Å². The molecule has 22 heavy (non-hydrogen) atoms. The molecular formula is C14H12O8. The molecule has 0 amide bonds. The molecule has 0 aliphatic heterocycles. The predicted octanol–water partition coefficient (Wildman–Crippen LogP) is 1.31. The fourth-order valence-corrected chi connectivity index (χ4v) is 1.49. The molecule has 0 aliphatic rings. The Bertz CT molecular complexity index is 646. The van der Waals surface area contributed by atoms with Gasteiger partial charge in [0.25, 0.3) is 0 Å². The zero-order valence-electron chi connectivity index (χ0n) is 11.4. The SMILES string of the molecule is C=CC(=O)OC(C)OC(=O)c1ccc(C(=O)O)c(C(=O)O)c1. The highest BCUT2D eigenvalue weighted by Gasteiger charge is 2.20. The number of carbonyl (C=O) groups excluding carboxylic acids is 2. The molecule has 0 bridgehead atoms. The van der Waals surface area contributed by atoms with Crippen molar-refractivity contribution in [3.8, 4) is 0 Å². The zero-order valence-corrected chi connectivity index (χ0v) is 11.4. The summed E-state index contributed by atoms with van der Waals surface area (Å²) in [7, 11) is 0. The topological polar surface area (TPSA) is 127 Å². The van der Waals surface area contributed by atoms with Gasteiger partial charge in [0, 0.05) is 13.0 Å². The van der Waals surface area contributed by atoms with E-state index in [2.05, 4.69) is 11.3 Å². The van der Waals surface area contributed by atoms with Crippen molar-refractivity contribution in [1.29, 1.82) is 0 Å². The van der Waals surface area contributed by atoms with E-state index in [4.69, 9.17) is 14.9 Å². The Morgan fingerprint density at radius 3 is 2.18 bits per heavy atom. The minimum absolute atomic E-state index is 0.191. The lowest BCUT2D eigenvalue weighted by Gasteiger charge is -2.13. The standard InChI is InChI=1S/C14H12O8/c1-3-11(15)21-7(2)22-14(20)8-4-5-9(12(16)17)10(6-8)13(18)19/h3-7H,1H2,2H3,(H,16,17)(H,18,19). The van der Waals surface area contributed by atoms with Crippen molar-refractivity contribution >= 4 is 23.9 Å². The van der Waals surface area contributed by atoms with Gasteiger partial charge in [-0.1, -0.05) is 6.58 Å². The third kappa shape index (κ3) is 4.17. The van der Waals surface area contributed by atoms with Crippen LogP contribution >= 0.6 is 0 Å². The second kappa shape index (κ2) is 7.02. The first-order chi connectivity index (χ1) is 10.3. The maximum Gasteiger partial charge on any atom is 0.341 e. The van der Waals surface area contributed by atoms with Gasteiger partial charge in [0.15, 0.2) is 0 Å². The van der Waals surface area contributed by atoms with Crippen molar-refractivity contribution < 1.29 is 38.9 Å². The van der Waals surface area contributed by atoms with Crippen LogP contribution in [0.25, 0.3) is 0 Å². The van der Waals surface area contributed by atoms with Crippen LogP contribution in [0.15, 0.2) is 30.9 Å². The van der Waals surface area contributed by atoms with Crippen molar-refractivity contribution in [1.82, 2.24) is 0 Å². The number of hydrogen-bond acceptors (Lipinski definition) is 6. The van der Waals surface area contributed by atoms with Gasteiger partial charge in [-0.25, -0.2) is 19.2 Å². The van der Waals surface area contributed by atoms with Gasteiger partial charge in [0.2, 0.25) is 6.29 Å². The first-order valence-electron chi connectivity index (χ1n) is 5.91. The highest BCUT2D eigenvalue weighted by atomic mass is 16.7. The molecule has 8 nitrogen and oxygen atoms in total. The molecule has 1 unspecified atom stereocenters. The largest absolute Gasteiger partial charge is 0.478 e. The van der Waals surface area contributed by atoms with Crippen molar-refractivity contribution in [3.63, 3.8) is 0 Å². The van der Waals surface area contributed by atoms with E-state index in [0.717, 1.165) is 24.3 Å². The molecule has 1 rings (SSSR count). The molecule has 2 N–H and O–H groups in total. The first kappa shape index (κ1) is 16.9. The lowest BCUT2D eigenvalue weighted by atomic mass is 10.0. The Kier molecular flexibility index (Phi) is 5.39. The van der Waals surface area contributed by atoms with E-state index in [0.29, 0.717) is 0 Å². The maximum atomic E-state index is 11.8. The monoisotopic (exact) mass is 308 g/mol. The van der Waals surface area contributed by atoms with Crippen LogP contribution in [0, 0.1) is 0 Å². The van der Waals surface area contributed by atoms with Gasteiger partial charge in [-0.2, -0.15) is 0 Å². The normalized spacial score (nSPS) is 11.1. The van der Waals surface area contributed by atoms with Crippen LogP contribution in [-0.2, 0) is 14.3 Å². The number of ether oxygens (including phenoxy) is 2. The van der Waals surface area contributed by atoms with E-state index in [1.165, 1.54) is 6.92 Å². The summed E-state index contributed by atoms with van der Waals surface area (Å²) in [5.41, 5.74) is -1.21. The van der Waals surface area contributed by atoms with Crippen LogP contribution < -0.4 is 0 Å². The first-order valence-corrected chi connectivity index (χ1v) is 5.91. The molecule has 0 radical (unpaired) electrons. The molecule has 0 aliphatic carbocycles. The van der Waals surface area contributed by atoms with E-state index in [9.17, 15) is 19.2 Å². The van der Waals surface area contributed by atoms with E-state index in [1.54, 1.807) is 0 Å². The lowest BCUT2D eigenvalue weighted by Crippen LogP contribution is -2.21. The number of aromatic carboxylic acids is 2. The van der Waals surface area contributed by atoms with Crippen molar-refractivity contribution in [2.75, 3.05) is 0 Å². The quantitative estimate of drug-likeness (QED) is 0.457. The fourth-order valence-electron chi connectivity index (χ4n) is 1.49. The molecule has 0 saturated carbocycles. The number of carbonyl (C=O) groups is 4. The van der Waals surface area contributed by atoms with Gasteiger partial charge < -0.3 is 19.7 Å². The predicted molar refractivity (Wildman–Crippen MR) is 71.5 cm³/mol. The minimum Gasteiger partial charge on any atom is -0.478 e. The molecule has 1 aromatic carbocycles. The average molecular weight is 308 g/mol. The van der Waals surface area contributed by atoms with Crippen LogP contribution in [-0.4, -0.2) is 40.4 Å². The van der Waals surface area contributed by atoms with Crippen LogP contribution in [0.4, 0.5) is 0 Å². The lowest BCUT2D eigenvalue weighted by molar-refractivity contribution is -0.159. The second-order valence-electron chi connectivity index (χ2n) is 3.98. The number of carboxylic acids is 2. The van der Waals surface area contributed by atoms with Crippen molar-refractivity contribution in [3.05, 3.63) is 47.5 Å². The summed E-state index contributed by atoms with van der Waals surface area (Å²) in [5, 5.41) is 17.8. The van der Waals surface area contributed by atoms with E-state index >= 15 is 0 Å². The van der Waals surface area contributed by atoms with E-state index in [1.807, 2.05) is 0 Å². The number of hydrogen-bond donors (Lipinski definition) is 2. The number of esters is 2. The average Bonchev–Trinajstić information content (AvgIpc) is 2.45. The molecule has 0 fully saturated rings. The molecule has 1 aromatic rings. The Morgan fingerprint density at radius 2 is 1.68 bits per heavy atom. The number of rotatable bonds is 6. The minimum atomic E-state index is -1.50. The van der Waals surface area contributed by atoms with E-state index in [-0.39, 0.29) is 5.56 Å². The second-order valence-corrected chi connectivity index (χ2v) is 3.98. The highest BCUT2D eigenvalue weighted by Crippen LogP contribution is 2.14. The van der Waals surface area contributed by atoms with Crippen LogP contribution in [0.1, 0.15) is 38.0 Å². The van der Waals surface area contributed by atoms with Gasteiger partial charge in [0.05, 0.1) is 16.7 Å². The number of benzene rings is 1. The van der Waals surface area contributed by atoms with E-state index < -0.39 is 41.3 Å². The Labute approximate surface area is 124 Å². The summed E-state index contributed by atoms with van der Waals surface area (Å²) >= 11 is 0. The van der Waals surface area contributed by atoms with Crippen LogP contribution in [0.3, 0.4) is 0 Å². The third-order valence-electron chi connectivity index (χ3n) is 2.44. The summed E-state index contributed by atoms with van der Waals surface area (Å²) in [6.45, 7) is 4.45. The number of carboxylic acid groups (broad SMARTS) is 2. The molecule has 0 spiro atoms. The summed E-state index contributed by atoms with van der Waals surface area (Å²) in [6, 6.07) is 2.94. The van der Waals surface area contributed by atoms with Gasteiger partial charge in [-0.05, 0) is 18.2 Å². The summed E-state index contributed by atoms with van der Waals surface area (Å²) in [5.74, 6) is -4.71. The van der Waals surface area contributed by atoms with Crippen LogP contribution in [0.2, 0.25) is 0 Å². The third-order valence-corrected chi connectivity index (χ3v) is 2.44. The van der Waals surface area contributed by atoms with Gasteiger partial charge in [-0.3, -0.25) is 0 Å². The molecular weight excluding hydrogens is 296 g/mol. The Hall–Kier alpha value is -3.16. The molecule has 116 valence electrons. The smallest absolute Gasteiger partial charge is 0.341 e. The summed E-state index contributed by atoms with van der Waals surface area (Å²) in [4.78, 5) is 44.6. The molecule has 1 atom stereocenters. The zero-order chi connectivity index (χ0) is 16.9. The fraction of sp³-hybridized carbons (Fsp3) is 0.143. The molecule has 0 aromatic heterocycles. The van der Waals surface area contributed by atoms with Crippen molar-refractivity contribution in [2.45, 2.75) is 13.2 Å². The van der Waals surface area contributed by atoms with Gasteiger partial charge >= 0.3 is 23.9 Å². The van der Waals surface area contributed by atoms with Gasteiger partial charge in [0.1, 0.15) is 0 Å². The maximum absolute atomic E-state index is 11.8. The molecule has 8 heteroatoms. The Morgan fingerprint density at radius 1 is 1.09 bits per heavy atom.